The average molecular weight is 274 g/mol. The molecule has 0 radical (unpaired) electrons. The molecule has 1 aliphatic carbocycles. The topological polar surface area (TPSA) is 52.6 Å². The van der Waals surface area contributed by atoms with Crippen LogP contribution < -0.4 is 5.32 Å². The number of likely N-dealkylation sites (tertiary alicyclic amines) is 1. The molecule has 2 aliphatic rings. The van der Waals surface area contributed by atoms with E-state index in [2.05, 4.69) is 10.2 Å². The van der Waals surface area contributed by atoms with Gasteiger partial charge in [0.2, 0.25) is 5.91 Å². The largest absolute Gasteiger partial charge is 0.396 e. The van der Waals surface area contributed by atoms with Crippen molar-refractivity contribution in [3.05, 3.63) is 35.9 Å². The van der Waals surface area contributed by atoms with Crippen molar-refractivity contribution in [2.24, 2.45) is 5.92 Å². The second kappa shape index (κ2) is 5.94. The molecule has 1 saturated heterocycles. The molecule has 4 heteroatoms. The average Bonchev–Trinajstić information content (AvgIpc) is 3.16. The lowest BCUT2D eigenvalue weighted by molar-refractivity contribution is -0.126. The van der Waals surface area contributed by atoms with Crippen LogP contribution in [0.25, 0.3) is 0 Å². The van der Waals surface area contributed by atoms with Gasteiger partial charge in [0, 0.05) is 19.2 Å². The molecule has 1 saturated carbocycles. The van der Waals surface area contributed by atoms with E-state index in [1.165, 1.54) is 0 Å². The van der Waals surface area contributed by atoms with Gasteiger partial charge in [-0.2, -0.15) is 0 Å². The van der Waals surface area contributed by atoms with Crippen LogP contribution in [0.15, 0.2) is 30.3 Å². The Labute approximate surface area is 119 Å². The van der Waals surface area contributed by atoms with E-state index >= 15 is 0 Å². The van der Waals surface area contributed by atoms with E-state index in [4.69, 9.17) is 0 Å². The highest BCUT2D eigenvalue weighted by Crippen LogP contribution is 2.29. The molecule has 1 aromatic carbocycles. The van der Waals surface area contributed by atoms with E-state index in [1.807, 2.05) is 30.3 Å². The third kappa shape index (κ3) is 3.02. The molecule has 4 nitrogen and oxygen atoms in total. The Morgan fingerprint density at radius 2 is 2.05 bits per heavy atom. The molecule has 1 amide bonds. The van der Waals surface area contributed by atoms with Crippen LogP contribution in [0.1, 0.15) is 30.9 Å². The first-order chi connectivity index (χ1) is 9.78. The number of aliphatic hydroxyl groups is 1. The van der Waals surface area contributed by atoms with Gasteiger partial charge in [0.15, 0.2) is 0 Å². The van der Waals surface area contributed by atoms with Crippen molar-refractivity contribution in [3.63, 3.8) is 0 Å². The minimum atomic E-state index is -0.214. The van der Waals surface area contributed by atoms with E-state index in [9.17, 15) is 9.90 Å². The van der Waals surface area contributed by atoms with Gasteiger partial charge >= 0.3 is 0 Å². The lowest BCUT2D eigenvalue weighted by Gasteiger charge is -2.27. The molecule has 2 N–H and O–H groups in total. The summed E-state index contributed by atoms with van der Waals surface area (Å²) >= 11 is 0. The van der Waals surface area contributed by atoms with Crippen LogP contribution in [0, 0.1) is 5.92 Å². The van der Waals surface area contributed by atoms with Crippen LogP contribution in [0.3, 0.4) is 0 Å². The number of carbonyl (C=O) groups is 1. The third-order valence-corrected chi connectivity index (χ3v) is 4.23. The quantitative estimate of drug-likeness (QED) is 0.851. The smallest absolute Gasteiger partial charge is 0.242 e. The van der Waals surface area contributed by atoms with Crippen molar-refractivity contribution >= 4 is 5.91 Å². The Balaban J connectivity index is 1.77. The summed E-state index contributed by atoms with van der Waals surface area (Å²) in [4.78, 5) is 14.8. The van der Waals surface area contributed by atoms with Crippen LogP contribution in [-0.2, 0) is 4.79 Å². The number of nitrogens with zero attached hydrogens (tertiary/aromatic N) is 1. The van der Waals surface area contributed by atoms with Crippen LogP contribution in [0.5, 0.6) is 0 Å². The minimum absolute atomic E-state index is 0.109. The predicted octanol–water partition coefficient (Wildman–Crippen LogP) is 1.32. The van der Waals surface area contributed by atoms with Gasteiger partial charge in [-0.25, -0.2) is 0 Å². The summed E-state index contributed by atoms with van der Waals surface area (Å²) < 4.78 is 0. The molecular weight excluding hydrogens is 252 g/mol. The van der Waals surface area contributed by atoms with Crippen LogP contribution in [-0.4, -0.2) is 41.7 Å². The molecule has 0 spiro atoms. The van der Waals surface area contributed by atoms with Crippen LogP contribution in [0.2, 0.25) is 0 Å². The van der Waals surface area contributed by atoms with Gasteiger partial charge in [-0.15, -0.1) is 0 Å². The number of nitrogens with one attached hydrogen (secondary N) is 1. The minimum Gasteiger partial charge on any atom is -0.396 e. The van der Waals surface area contributed by atoms with Crippen molar-refractivity contribution in [1.29, 1.82) is 0 Å². The van der Waals surface area contributed by atoms with Gasteiger partial charge in [-0.05, 0) is 37.3 Å². The normalized spacial score (nSPS) is 24.6. The molecule has 20 heavy (non-hydrogen) atoms. The highest BCUT2D eigenvalue weighted by Gasteiger charge is 2.35. The molecule has 0 aromatic heterocycles. The molecule has 1 aromatic rings. The summed E-state index contributed by atoms with van der Waals surface area (Å²) in [5.74, 6) is 0.409. The molecule has 2 unspecified atom stereocenters. The standard InChI is InChI=1S/C16H22N2O2/c19-11-12-8-9-18(10-12)15(13-4-2-1-3-5-13)16(20)17-14-6-7-14/h1-5,12,14-15,19H,6-11H2,(H,17,20). The zero-order chi connectivity index (χ0) is 13.9. The van der Waals surface area contributed by atoms with E-state index < -0.39 is 0 Å². The predicted molar refractivity (Wildman–Crippen MR) is 77.1 cm³/mol. The molecule has 2 fully saturated rings. The summed E-state index contributed by atoms with van der Waals surface area (Å²) in [7, 11) is 0. The van der Waals surface area contributed by atoms with Gasteiger partial charge in [0.05, 0.1) is 0 Å². The summed E-state index contributed by atoms with van der Waals surface area (Å²) in [6.07, 6.45) is 3.18. The SMILES string of the molecule is O=C(NC1CC1)C(c1ccccc1)N1CCC(CO)C1. The Hall–Kier alpha value is -1.39. The van der Waals surface area contributed by atoms with E-state index in [1.54, 1.807) is 0 Å². The van der Waals surface area contributed by atoms with Crippen molar-refractivity contribution in [1.82, 2.24) is 10.2 Å². The molecular formula is C16H22N2O2. The fraction of sp³-hybridized carbons (Fsp3) is 0.562. The van der Waals surface area contributed by atoms with Crippen molar-refractivity contribution in [2.45, 2.75) is 31.3 Å². The lowest BCUT2D eigenvalue weighted by Crippen LogP contribution is -2.40. The Morgan fingerprint density at radius 3 is 2.65 bits per heavy atom. The van der Waals surface area contributed by atoms with Gasteiger partial charge in [0.1, 0.15) is 6.04 Å². The highest BCUT2D eigenvalue weighted by molar-refractivity contribution is 5.83. The fourth-order valence-corrected chi connectivity index (χ4v) is 2.92. The first-order valence-corrected chi connectivity index (χ1v) is 7.48. The maximum Gasteiger partial charge on any atom is 0.242 e. The zero-order valence-corrected chi connectivity index (χ0v) is 11.7. The van der Waals surface area contributed by atoms with Crippen molar-refractivity contribution in [2.75, 3.05) is 19.7 Å². The van der Waals surface area contributed by atoms with Crippen LogP contribution in [0.4, 0.5) is 0 Å². The maximum absolute atomic E-state index is 12.6. The summed E-state index contributed by atoms with van der Waals surface area (Å²) in [6.45, 7) is 1.89. The number of hydrogen-bond donors (Lipinski definition) is 2. The monoisotopic (exact) mass is 274 g/mol. The van der Waals surface area contributed by atoms with E-state index in [0.29, 0.717) is 12.0 Å². The lowest BCUT2D eigenvalue weighted by atomic mass is 10.0. The zero-order valence-electron chi connectivity index (χ0n) is 11.7. The number of rotatable bonds is 5. The molecule has 108 valence electrons. The highest BCUT2D eigenvalue weighted by atomic mass is 16.3. The third-order valence-electron chi connectivity index (χ3n) is 4.23. The first kappa shape index (κ1) is 13.6. The van der Waals surface area contributed by atoms with Crippen molar-refractivity contribution in [3.8, 4) is 0 Å². The van der Waals surface area contributed by atoms with Crippen LogP contribution >= 0.6 is 0 Å². The number of aliphatic hydroxyl groups excluding tert-OH is 1. The number of hydrogen-bond acceptors (Lipinski definition) is 3. The molecule has 1 aliphatic heterocycles. The van der Waals surface area contributed by atoms with Crippen molar-refractivity contribution < 1.29 is 9.90 Å². The Bertz CT molecular complexity index is 459. The molecule has 3 rings (SSSR count). The molecule has 2 atom stereocenters. The second-order valence-corrected chi connectivity index (χ2v) is 5.93. The summed E-state index contributed by atoms with van der Waals surface area (Å²) in [5, 5.41) is 12.4. The molecule has 0 bridgehead atoms. The van der Waals surface area contributed by atoms with E-state index in [0.717, 1.165) is 37.9 Å². The second-order valence-electron chi connectivity index (χ2n) is 5.93. The van der Waals surface area contributed by atoms with Gasteiger partial charge < -0.3 is 10.4 Å². The van der Waals surface area contributed by atoms with Gasteiger partial charge in [-0.3, -0.25) is 9.69 Å². The summed E-state index contributed by atoms with van der Waals surface area (Å²) in [6, 6.07) is 10.1. The van der Waals surface area contributed by atoms with E-state index in [-0.39, 0.29) is 18.6 Å². The Morgan fingerprint density at radius 1 is 1.30 bits per heavy atom. The molecule has 1 heterocycles. The summed E-state index contributed by atoms with van der Waals surface area (Å²) in [5.41, 5.74) is 1.05. The van der Waals surface area contributed by atoms with Gasteiger partial charge in [-0.1, -0.05) is 30.3 Å². The van der Waals surface area contributed by atoms with Gasteiger partial charge in [0.25, 0.3) is 0 Å². The number of benzene rings is 1. The number of carbonyl (C=O) groups excluding carboxylic acids is 1. The first-order valence-electron chi connectivity index (χ1n) is 7.48. The fourth-order valence-electron chi connectivity index (χ4n) is 2.92. The number of amides is 1. The Kier molecular flexibility index (Phi) is 4.03. The maximum atomic E-state index is 12.6.